The lowest BCUT2D eigenvalue weighted by Gasteiger charge is -2.40. The highest BCUT2D eigenvalue weighted by molar-refractivity contribution is 5.81. The van der Waals surface area contributed by atoms with Gasteiger partial charge >= 0.3 is 0 Å². The molecule has 1 aliphatic carbocycles. The summed E-state index contributed by atoms with van der Waals surface area (Å²) < 4.78 is 0. The first-order valence-corrected chi connectivity index (χ1v) is 8.39. The predicted molar refractivity (Wildman–Crippen MR) is 82.7 cm³/mol. The SMILES string of the molecule is CCNC1CCN(C(C)C(=O)NC2CCCC2)CC1C. The molecule has 0 bridgehead atoms. The van der Waals surface area contributed by atoms with E-state index in [1.807, 2.05) is 0 Å². The van der Waals surface area contributed by atoms with Crippen molar-refractivity contribution in [3.63, 3.8) is 0 Å². The van der Waals surface area contributed by atoms with Gasteiger partial charge in [-0.25, -0.2) is 0 Å². The van der Waals surface area contributed by atoms with Crippen molar-refractivity contribution in [1.29, 1.82) is 0 Å². The van der Waals surface area contributed by atoms with Crippen LogP contribution in [0.15, 0.2) is 0 Å². The van der Waals surface area contributed by atoms with Gasteiger partial charge in [0.15, 0.2) is 0 Å². The van der Waals surface area contributed by atoms with E-state index in [-0.39, 0.29) is 11.9 Å². The first kappa shape index (κ1) is 15.8. The molecule has 2 rings (SSSR count). The third kappa shape index (κ3) is 3.95. The molecule has 1 aliphatic heterocycles. The second-order valence-corrected chi connectivity index (χ2v) is 6.59. The fourth-order valence-electron chi connectivity index (χ4n) is 3.65. The number of nitrogens with zero attached hydrogens (tertiary/aromatic N) is 1. The van der Waals surface area contributed by atoms with Gasteiger partial charge in [-0.05, 0) is 38.6 Å². The zero-order chi connectivity index (χ0) is 14.5. The van der Waals surface area contributed by atoms with Crippen LogP contribution in [0, 0.1) is 5.92 Å². The number of hydrogen-bond acceptors (Lipinski definition) is 3. The number of carbonyl (C=O) groups excluding carboxylic acids is 1. The molecule has 1 saturated heterocycles. The van der Waals surface area contributed by atoms with Gasteiger partial charge in [-0.15, -0.1) is 0 Å². The quantitative estimate of drug-likeness (QED) is 0.807. The van der Waals surface area contributed by atoms with Crippen LogP contribution in [0.4, 0.5) is 0 Å². The highest BCUT2D eigenvalue weighted by Crippen LogP contribution is 2.20. The molecule has 4 nitrogen and oxygen atoms in total. The monoisotopic (exact) mass is 281 g/mol. The van der Waals surface area contributed by atoms with E-state index in [1.165, 1.54) is 12.8 Å². The molecule has 0 spiro atoms. The summed E-state index contributed by atoms with van der Waals surface area (Å²) in [5.74, 6) is 0.844. The number of carbonyl (C=O) groups is 1. The third-order valence-electron chi connectivity index (χ3n) is 5.03. The second-order valence-electron chi connectivity index (χ2n) is 6.59. The third-order valence-corrected chi connectivity index (χ3v) is 5.03. The summed E-state index contributed by atoms with van der Waals surface area (Å²) in [6.07, 6.45) is 6.01. The van der Waals surface area contributed by atoms with E-state index in [2.05, 4.69) is 36.3 Å². The van der Waals surface area contributed by atoms with Crippen LogP contribution < -0.4 is 10.6 Å². The molecule has 0 aromatic carbocycles. The van der Waals surface area contributed by atoms with Crippen LogP contribution in [0.1, 0.15) is 52.9 Å². The molecule has 3 atom stereocenters. The summed E-state index contributed by atoms with van der Waals surface area (Å²) in [5, 5.41) is 6.79. The molecule has 3 unspecified atom stereocenters. The zero-order valence-electron chi connectivity index (χ0n) is 13.3. The highest BCUT2D eigenvalue weighted by Gasteiger charge is 2.31. The standard InChI is InChI=1S/C16H31N3O/c1-4-17-15-9-10-19(11-12(15)2)13(3)16(20)18-14-7-5-6-8-14/h12-15,17H,4-11H2,1-3H3,(H,18,20). The summed E-state index contributed by atoms with van der Waals surface area (Å²) >= 11 is 0. The van der Waals surface area contributed by atoms with E-state index in [0.29, 0.717) is 18.0 Å². The molecule has 0 aromatic rings. The first-order valence-electron chi connectivity index (χ1n) is 8.39. The fourth-order valence-corrected chi connectivity index (χ4v) is 3.65. The van der Waals surface area contributed by atoms with E-state index >= 15 is 0 Å². The summed E-state index contributed by atoms with van der Waals surface area (Å²) in [4.78, 5) is 14.7. The van der Waals surface area contributed by atoms with Crippen LogP contribution in [0.2, 0.25) is 0 Å². The van der Waals surface area contributed by atoms with Gasteiger partial charge in [0.2, 0.25) is 5.91 Å². The van der Waals surface area contributed by atoms with Gasteiger partial charge in [-0.1, -0.05) is 26.7 Å². The lowest BCUT2D eigenvalue weighted by Crippen LogP contribution is -2.55. The van der Waals surface area contributed by atoms with E-state index in [0.717, 1.165) is 38.9 Å². The van der Waals surface area contributed by atoms with E-state index in [1.54, 1.807) is 0 Å². The molecule has 0 radical (unpaired) electrons. The van der Waals surface area contributed by atoms with Gasteiger partial charge in [-0.3, -0.25) is 9.69 Å². The maximum atomic E-state index is 12.3. The van der Waals surface area contributed by atoms with Gasteiger partial charge in [0.1, 0.15) is 0 Å². The Morgan fingerprint density at radius 1 is 1.30 bits per heavy atom. The average Bonchev–Trinajstić information content (AvgIpc) is 2.93. The second kappa shape index (κ2) is 7.41. The van der Waals surface area contributed by atoms with Crippen molar-refractivity contribution in [1.82, 2.24) is 15.5 Å². The Balaban J connectivity index is 1.80. The molecular formula is C16H31N3O. The maximum absolute atomic E-state index is 12.3. The van der Waals surface area contributed by atoms with E-state index in [9.17, 15) is 4.79 Å². The van der Waals surface area contributed by atoms with Crippen molar-refractivity contribution in [3.05, 3.63) is 0 Å². The molecule has 1 heterocycles. The van der Waals surface area contributed by atoms with Crippen LogP contribution in [0.5, 0.6) is 0 Å². The summed E-state index contributed by atoms with van der Waals surface area (Å²) in [6, 6.07) is 1.06. The lowest BCUT2D eigenvalue weighted by atomic mass is 9.92. The smallest absolute Gasteiger partial charge is 0.237 e. The molecule has 1 saturated carbocycles. The van der Waals surface area contributed by atoms with Gasteiger partial charge in [0, 0.05) is 25.2 Å². The molecule has 2 aliphatic rings. The number of piperidine rings is 1. The summed E-state index contributed by atoms with van der Waals surface area (Å²) in [7, 11) is 0. The average molecular weight is 281 g/mol. The Kier molecular flexibility index (Phi) is 5.85. The van der Waals surface area contributed by atoms with Crippen molar-refractivity contribution < 1.29 is 4.79 Å². The summed E-state index contributed by atoms with van der Waals surface area (Å²) in [5.41, 5.74) is 0. The van der Waals surface area contributed by atoms with Gasteiger partial charge < -0.3 is 10.6 Å². The molecule has 20 heavy (non-hydrogen) atoms. The minimum absolute atomic E-state index is 0.0145. The first-order chi connectivity index (χ1) is 9.61. The molecule has 1 amide bonds. The molecule has 4 heteroatoms. The van der Waals surface area contributed by atoms with Crippen LogP contribution in [0.3, 0.4) is 0 Å². The topological polar surface area (TPSA) is 44.4 Å². The van der Waals surface area contributed by atoms with Gasteiger partial charge in [-0.2, -0.15) is 0 Å². The van der Waals surface area contributed by atoms with Gasteiger partial charge in [0.25, 0.3) is 0 Å². The number of amides is 1. The Hall–Kier alpha value is -0.610. The zero-order valence-corrected chi connectivity index (χ0v) is 13.3. The normalized spacial score (nSPS) is 30.4. The van der Waals surface area contributed by atoms with E-state index in [4.69, 9.17) is 0 Å². The predicted octanol–water partition coefficient (Wildman–Crippen LogP) is 1.75. The minimum atomic E-state index is 0.0145. The molecule has 116 valence electrons. The molecule has 2 N–H and O–H groups in total. The van der Waals surface area contributed by atoms with Crippen molar-refractivity contribution >= 4 is 5.91 Å². The van der Waals surface area contributed by atoms with Crippen molar-refractivity contribution in [2.24, 2.45) is 5.92 Å². The minimum Gasteiger partial charge on any atom is -0.352 e. The fraction of sp³-hybridized carbons (Fsp3) is 0.938. The molecule has 0 aromatic heterocycles. The van der Waals surface area contributed by atoms with Crippen molar-refractivity contribution in [2.75, 3.05) is 19.6 Å². The van der Waals surface area contributed by atoms with Crippen molar-refractivity contribution in [2.45, 2.75) is 71.0 Å². The molecule has 2 fully saturated rings. The summed E-state index contributed by atoms with van der Waals surface area (Å²) in [6.45, 7) is 9.60. The lowest BCUT2D eigenvalue weighted by molar-refractivity contribution is -0.127. The van der Waals surface area contributed by atoms with Gasteiger partial charge in [0.05, 0.1) is 6.04 Å². The van der Waals surface area contributed by atoms with E-state index < -0.39 is 0 Å². The Morgan fingerprint density at radius 3 is 2.60 bits per heavy atom. The Morgan fingerprint density at radius 2 is 2.00 bits per heavy atom. The van der Waals surface area contributed by atoms with Crippen LogP contribution >= 0.6 is 0 Å². The number of likely N-dealkylation sites (tertiary alicyclic amines) is 1. The number of hydrogen-bond donors (Lipinski definition) is 2. The number of nitrogens with one attached hydrogen (secondary N) is 2. The van der Waals surface area contributed by atoms with Crippen LogP contribution in [-0.2, 0) is 4.79 Å². The Bertz CT molecular complexity index is 315. The van der Waals surface area contributed by atoms with Crippen molar-refractivity contribution in [3.8, 4) is 0 Å². The largest absolute Gasteiger partial charge is 0.352 e. The maximum Gasteiger partial charge on any atom is 0.237 e. The molecular weight excluding hydrogens is 250 g/mol. The Labute approximate surface area is 123 Å². The number of rotatable bonds is 5. The van der Waals surface area contributed by atoms with Crippen LogP contribution in [0.25, 0.3) is 0 Å². The van der Waals surface area contributed by atoms with Crippen LogP contribution in [-0.4, -0.2) is 48.6 Å². The highest BCUT2D eigenvalue weighted by atomic mass is 16.2.